The van der Waals surface area contributed by atoms with Gasteiger partial charge in [0.1, 0.15) is 0 Å². The van der Waals surface area contributed by atoms with Gasteiger partial charge in [-0.2, -0.15) is 0 Å². The fourth-order valence-electron chi connectivity index (χ4n) is 0.861. The third-order valence-electron chi connectivity index (χ3n) is 1.56. The Morgan fingerprint density at radius 3 is 2.54 bits per heavy atom. The Bertz CT molecular complexity index is 306. The second-order valence-corrected chi connectivity index (χ2v) is 2.62. The Morgan fingerprint density at radius 2 is 2.00 bits per heavy atom. The van der Waals surface area contributed by atoms with E-state index in [0.29, 0.717) is 0 Å². The summed E-state index contributed by atoms with van der Waals surface area (Å²) in [6.45, 7) is 0. The molecule has 68 valence electrons. The van der Waals surface area contributed by atoms with Crippen molar-refractivity contribution in [2.24, 2.45) is 5.73 Å². The molecule has 0 aliphatic carbocycles. The smallest absolute Gasteiger partial charge is 0.250 e. The highest BCUT2D eigenvalue weighted by molar-refractivity contribution is 5.81. The highest BCUT2D eigenvalue weighted by Crippen LogP contribution is 2.01. The van der Waals surface area contributed by atoms with Gasteiger partial charge < -0.3 is 10.8 Å². The third kappa shape index (κ3) is 3.09. The first-order valence-electron chi connectivity index (χ1n) is 3.91. The van der Waals surface area contributed by atoms with Crippen LogP contribution in [0.1, 0.15) is 5.56 Å². The molecule has 1 amide bonds. The van der Waals surface area contributed by atoms with Gasteiger partial charge in [0.2, 0.25) is 5.91 Å². The van der Waals surface area contributed by atoms with E-state index in [9.17, 15) is 4.79 Å². The molecule has 0 radical (unpaired) electrons. The van der Waals surface area contributed by atoms with Gasteiger partial charge in [-0.25, -0.2) is 0 Å². The Morgan fingerprint density at radius 1 is 1.38 bits per heavy atom. The maximum absolute atomic E-state index is 10.4. The summed E-state index contributed by atoms with van der Waals surface area (Å²) >= 11 is 0. The number of hydrogen-bond acceptors (Lipinski definition) is 2. The molecule has 0 saturated carbocycles. The molecule has 0 bridgehead atoms. The molecule has 1 rings (SSSR count). The molecular formula is C10H11NO2. The van der Waals surface area contributed by atoms with Crippen molar-refractivity contribution >= 4 is 12.0 Å². The van der Waals surface area contributed by atoms with Crippen molar-refractivity contribution in [1.29, 1.82) is 0 Å². The van der Waals surface area contributed by atoms with Crippen LogP contribution in [0.3, 0.4) is 0 Å². The monoisotopic (exact) mass is 177 g/mol. The molecule has 3 heteroatoms. The molecule has 1 aromatic carbocycles. The molecule has 0 aromatic heterocycles. The van der Waals surface area contributed by atoms with E-state index in [1.165, 1.54) is 6.08 Å². The first-order chi connectivity index (χ1) is 6.20. The molecule has 1 atom stereocenters. The summed E-state index contributed by atoms with van der Waals surface area (Å²) in [6, 6.07) is 9.36. The van der Waals surface area contributed by atoms with Crippen LogP contribution in [0, 0.1) is 0 Å². The second kappa shape index (κ2) is 4.42. The lowest BCUT2D eigenvalue weighted by atomic mass is 10.2. The van der Waals surface area contributed by atoms with Crippen molar-refractivity contribution in [3.05, 3.63) is 42.0 Å². The number of carbonyl (C=O) groups is 1. The summed E-state index contributed by atoms with van der Waals surface area (Å²) in [6.07, 6.45) is 1.80. The molecule has 0 aliphatic heterocycles. The van der Waals surface area contributed by atoms with Gasteiger partial charge >= 0.3 is 0 Å². The van der Waals surface area contributed by atoms with Crippen LogP contribution in [0.15, 0.2) is 36.4 Å². The topological polar surface area (TPSA) is 63.3 Å². The highest BCUT2D eigenvalue weighted by Gasteiger charge is 2.04. The van der Waals surface area contributed by atoms with Crippen LogP contribution in [0.5, 0.6) is 0 Å². The molecule has 1 aromatic rings. The maximum atomic E-state index is 10.4. The van der Waals surface area contributed by atoms with Gasteiger partial charge in [-0.15, -0.1) is 0 Å². The first kappa shape index (κ1) is 9.48. The molecule has 1 unspecified atom stereocenters. The normalized spacial score (nSPS) is 13.0. The number of rotatable bonds is 3. The minimum atomic E-state index is -1.21. The summed E-state index contributed by atoms with van der Waals surface area (Å²) in [4.78, 5) is 10.4. The van der Waals surface area contributed by atoms with Gasteiger partial charge in [-0.3, -0.25) is 4.79 Å². The quantitative estimate of drug-likeness (QED) is 0.708. The lowest BCUT2D eigenvalue weighted by Gasteiger charge is -1.97. The van der Waals surface area contributed by atoms with Gasteiger partial charge in [-0.1, -0.05) is 36.4 Å². The predicted molar refractivity (Wildman–Crippen MR) is 50.7 cm³/mol. The molecular weight excluding hydrogens is 166 g/mol. The molecule has 0 heterocycles. The van der Waals surface area contributed by atoms with Crippen LogP contribution < -0.4 is 5.73 Å². The summed E-state index contributed by atoms with van der Waals surface area (Å²) in [5.41, 5.74) is 5.78. The van der Waals surface area contributed by atoms with Crippen LogP contribution in [0.25, 0.3) is 6.08 Å². The minimum Gasteiger partial charge on any atom is -0.379 e. The lowest BCUT2D eigenvalue weighted by molar-refractivity contribution is -0.123. The number of benzene rings is 1. The SMILES string of the molecule is NC(=O)C(O)/C=C/c1ccccc1. The van der Waals surface area contributed by atoms with Crippen molar-refractivity contribution in [2.45, 2.75) is 6.10 Å². The van der Waals surface area contributed by atoms with Gasteiger partial charge in [0.05, 0.1) is 0 Å². The van der Waals surface area contributed by atoms with E-state index in [-0.39, 0.29) is 0 Å². The predicted octanol–water partition coefficient (Wildman–Crippen LogP) is 0.546. The van der Waals surface area contributed by atoms with E-state index in [2.05, 4.69) is 0 Å². The fourth-order valence-corrected chi connectivity index (χ4v) is 0.861. The molecule has 0 spiro atoms. The lowest BCUT2D eigenvalue weighted by Crippen LogP contribution is -2.25. The van der Waals surface area contributed by atoms with Gasteiger partial charge in [-0.05, 0) is 11.6 Å². The first-order valence-corrected chi connectivity index (χ1v) is 3.91. The maximum Gasteiger partial charge on any atom is 0.250 e. The number of aliphatic hydroxyl groups is 1. The fraction of sp³-hybridized carbons (Fsp3) is 0.100. The van der Waals surface area contributed by atoms with E-state index in [0.717, 1.165) is 5.56 Å². The van der Waals surface area contributed by atoms with E-state index in [4.69, 9.17) is 10.8 Å². The van der Waals surface area contributed by atoms with Crippen LogP contribution in [-0.4, -0.2) is 17.1 Å². The van der Waals surface area contributed by atoms with Crippen molar-refractivity contribution in [3.8, 4) is 0 Å². The van der Waals surface area contributed by atoms with Crippen LogP contribution in [0.2, 0.25) is 0 Å². The molecule has 0 fully saturated rings. The average molecular weight is 177 g/mol. The van der Waals surface area contributed by atoms with Gasteiger partial charge in [0.25, 0.3) is 0 Å². The van der Waals surface area contributed by atoms with Gasteiger partial charge in [0.15, 0.2) is 6.10 Å². The average Bonchev–Trinajstić information content (AvgIpc) is 2.15. The number of primary amides is 1. The van der Waals surface area contributed by atoms with Crippen LogP contribution in [0.4, 0.5) is 0 Å². The van der Waals surface area contributed by atoms with Gasteiger partial charge in [0, 0.05) is 0 Å². The zero-order valence-corrected chi connectivity index (χ0v) is 7.05. The summed E-state index contributed by atoms with van der Waals surface area (Å²) in [5, 5.41) is 9.03. The number of amides is 1. The minimum absolute atomic E-state index is 0.743. The van der Waals surface area contributed by atoms with E-state index in [1.807, 2.05) is 30.3 Å². The molecule has 13 heavy (non-hydrogen) atoms. The molecule has 0 saturated heterocycles. The van der Waals surface area contributed by atoms with Crippen molar-refractivity contribution < 1.29 is 9.90 Å². The number of aliphatic hydroxyl groups excluding tert-OH is 1. The molecule has 3 nitrogen and oxygen atoms in total. The standard InChI is InChI=1S/C10H11NO2/c11-10(13)9(12)7-6-8-4-2-1-3-5-8/h1-7,9,12H,(H2,11,13)/b7-6+. The third-order valence-corrected chi connectivity index (χ3v) is 1.56. The molecule has 3 N–H and O–H groups in total. The number of hydrogen-bond donors (Lipinski definition) is 2. The van der Waals surface area contributed by atoms with Crippen LogP contribution >= 0.6 is 0 Å². The zero-order valence-electron chi connectivity index (χ0n) is 7.05. The summed E-state index contributed by atoms with van der Waals surface area (Å²) < 4.78 is 0. The van der Waals surface area contributed by atoms with E-state index in [1.54, 1.807) is 6.08 Å². The number of nitrogens with two attached hydrogens (primary N) is 1. The van der Waals surface area contributed by atoms with E-state index < -0.39 is 12.0 Å². The zero-order chi connectivity index (χ0) is 9.68. The molecule has 0 aliphatic rings. The van der Waals surface area contributed by atoms with Crippen LogP contribution in [-0.2, 0) is 4.79 Å². The van der Waals surface area contributed by atoms with Crippen molar-refractivity contribution in [2.75, 3.05) is 0 Å². The Kier molecular flexibility index (Phi) is 3.23. The van der Waals surface area contributed by atoms with Crippen molar-refractivity contribution in [3.63, 3.8) is 0 Å². The Hall–Kier alpha value is -1.61. The summed E-state index contributed by atoms with van der Waals surface area (Å²) in [5.74, 6) is -0.743. The summed E-state index contributed by atoms with van der Waals surface area (Å²) in [7, 11) is 0. The largest absolute Gasteiger partial charge is 0.379 e. The number of carbonyl (C=O) groups excluding carboxylic acids is 1. The van der Waals surface area contributed by atoms with E-state index >= 15 is 0 Å². The second-order valence-electron chi connectivity index (χ2n) is 2.62. The Balaban J connectivity index is 2.64. The Labute approximate surface area is 76.5 Å². The van der Waals surface area contributed by atoms with Crippen molar-refractivity contribution in [1.82, 2.24) is 0 Å². The highest BCUT2D eigenvalue weighted by atomic mass is 16.3.